The second kappa shape index (κ2) is 6.78. The predicted molar refractivity (Wildman–Crippen MR) is 74.7 cm³/mol. The van der Waals surface area contributed by atoms with E-state index in [1.54, 1.807) is 6.92 Å². The molecule has 1 rings (SSSR count). The topological polar surface area (TPSA) is 93.4 Å². The number of hydrogen-bond donors (Lipinski definition) is 2. The van der Waals surface area contributed by atoms with Crippen LogP contribution in [0.3, 0.4) is 0 Å². The largest absolute Gasteiger partial charge is 0.480 e. The Kier molecular flexibility index (Phi) is 5.35. The van der Waals surface area contributed by atoms with Crippen molar-refractivity contribution in [2.24, 2.45) is 0 Å². The van der Waals surface area contributed by atoms with Crippen LogP contribution in [0.15, 0.2) is 18.2 Å². The zero-order valence-corrected chi connectivity index (χ0v) is 11.8. The maximum Gasteiger partial charge on any atom is 0.326 e. The lowest BCUT2D eigenvalue weighted by Gasteiger charge is -2.24. The summed E-state index contributed by atoms with van der Waals surface area (Å²) in [6, 6.07) is 4.85. The SMILES string of the molecule is CCC(C(=O)O)N(C)C(=O)Nc1cc(C#N)ccc1Cl. The quantitative estimate of drug-likeness (QED) is 0.892. The predicted octanol–water partition coefficient (Wildman–Crippen LogP) is 2.54. The van der Waals surface area contributed by atoms with Crippen molar-refractivity contribution in [2.45, 2.75) is 19.4 Å². The van der Waals surface area contributed by atoms with Gasteiger partial charge in [0.2, 0.25) is 0 Å². The van der Waals surface area contributed by atoms with Gasteiger partial charge < -0.3 is 15.3 Å². The van der Waals surface area contributed by atoms with Crippen molar-refractivity contribution in [2.75, 3.05) is 12.4 Å². The van der Waals surface area contributed by atoms with E-state index in [4.69, 9.17) is 22.0 Å². The van der Waals surface area contributed by atoms with Crippen LogP contribution in [0, 0.1) is 11.3 Å². The van der Waals surface area contributed by atoms with Crippen LogP contribution < -0.4 is 5.32 Å². The number of likely N-dealkylation sites (N-methyl/N-ethyl adjacent to an activating group) is 1. The summed E-state index contributed by atoms with van der Waals surface area (Å²) in [6.07, 6.45) is 0.283. The number of aliphatic carboxylic acids is 1. The van der Waals surface area contributed by atoms with Crippen LogP contribution in [0.1, 0.15) is 18.9 Å². The van der Waals surface area contributed by atoms with Crippen molar-refractivity contribution in [1.82, 2.24) is 4.90 Å². The molecular weight excluding hydrogens is 282 g/mol. The summed E-state index contributed by atoms with van der Waals surface area (Å²) in [7, 11) is 1.39. The van der Waals surface area contributed by atoms with Crippen LogP contribution in [0.5, 0.6) is 0 Å². The van der Waals surface area contributed by atoms with Gasteiger partial charge in [-0.05, 0) is 24.6 Å². The molecule has 0 aliphatic heterocycles. The average Bonchev–Trinajstić information content (AvgIpc) is 2.41. The number of amides is 2. The van der Waals surface area contributed by atoms with E-state index in [9.17, 15) is 9.59 Å². The number of nitrogens with zero attached hydrogens (tertiary/aromatic N) is 2. The van der Waals surface area contributed by atoms with Crippen LogP contribution >= 0.6 is 11.6 Å². The van der Waals surface area contributed by atoms with E-state index in [0.717, 1.165) is 4.90 Å². The lowest BCUT2D eigenvalue weighted by Crippen LogP contribution is -2.44. The first kappa shape index (κ1) is 15.8. The summed E-state index contributed by atoms with van der Waals surface area (Å²) in [6.45, 7) is 1.67. The van der Waals surface area contributed by atoms with E-state index in [2.05, 4.69) is 5.32 Å². The molecule has 0 aliphatic rings. The standard InChI is InChI=1S/C13H14ClN3O3/c1-3-11(12(18)19)17(2)13(20)16-10-6-8(7-15)4-5-9(10)14/h4-6,11H,3H2,1-2H3,(H,16,20)(H,18,19). The molecule has 1 atom stereocenters. The zero-order chi connectivity index (χ0) is 15.3. The fraction of sp³-hybridized carbons (Fsp3) is 0.308. The van der Waals surface area contributed by atoms with Gasteiger partial charge in [-0.2, -0.15) is 5.26 Å². The fourth-order valence-electron chi connectivity index (χ4n) is 1.65. The summed E-state index contributed by atoms with van der Waals surface area (Å²) in [4.78, 5) is 24.1. The highest BCUT2D eigenvalue weighted by Crippen LogP contribution is 2.23. The van der Waals surface area contributed by atoms with Gasteiger partial charge in [0.25, 0.3) is 0 Å². The lowest BCUT2D eigenvalue weighted by atomic mass is 10.2. The van der Waals surface area contributed by atoms with E-state index < -0.39 is 18.0 Å². The second-order valence-electron chi connectivity index (χ2n) is 4.11. The molecule has 0 fully saturated rings. The minimum atomic E-state index is -1.08. The molecule has 6 nitrogen and oxygen atoms in total. The summed E-state index contributed by atoms with van der Waals surface area (Å²) in [5.41, 5.74) is 0.612. The number of rotatable bonds is 4. The average molecular weight is 296 g/mol. The van der Waals surface area contributed by atoms with Gasteiger partial charge in [-0.1, -0.05) is 18.5 Å². The van der Waals surface area contributed by atoms with Crippen LogP contribution in [0.25, 0.3) is 0 Å². The molecule has 0 radical (unpaired) electrons. The minimum absolute atomic E-state index is 0.266. The zero-order valence-electron chi connectivity index (χ0n) is 11.1. The molecule has 106 valence electrons. The molecule has 2 amide bonds. The molecule has 0 saturated carbocycles. The molecule has 0 aliphatic carbocycles. The maximum atomic E-state index is 12.0. The van der Waals surface area contributed by atoms with Gasteiger partial charge >= 0.3 is 12.0 Å². The molecule has 1 aromatic carbocycles. The van der Waals surface area contributed by atoms with Crippen molar-refractivity contribution in [3.63, 3.8) is 0 Å². The number of nitriles is 1. The molecule has 1 unspecified atom stereocenters. The number of nitrogens with one attached hydrogen (secondary N) is 1. The monoisotopic (exact) mass is 295 g/mol. The molecule has 0 spiro atoms. The molecule has 0 aromatic heterocycles. The summed E-state index contributed by atoms with van der Waals surface area (Å²) in [5.74, 6) is -1.08. The Balaban J connectivity index is 2.91. The number of halogens is 1. The van der Waals surface area contributed by atoms with Gasteiger partial charge in [0.1, 0.15) is 6.04 Å². The highest BCUT2D eigenvalue weighted by atomic mass is 35.5. The molecule has 2 N–H and O–H groups in total. The summed E-state index contributed by atoms with van der Waals surface area (Å²) >= 11 is 5.92. The van der Waals surface area contributed by atoms with Crippen LogP contribution in [-0.4, -0.2) is 35.1 Å². The van der Waals surface area contributed by atoms with Crippen LogP contribution in [-0.2, 0) is 4.79 Å². The van der Waals surface area contributed by atoms with Gasteiger partial charge in [0, 0.05) is 7.05 Å². The highest BCUT2D eigenvalue weighted by molar-refractivity contribution is 6.33. The Bertz CT molecular complexity index is 568. The Morgan fingerprint density at radius 2 is 2.20 bits per heavy atom. The number of carbonyl (C=O) groups is 2. The van der Waals surface area contributed by atoms with E-state index in [1.807, 2.05) is 6.07 Å². The van der Waals surface area contributed by atoms with Gasteiger partial charge in [-0.3, -0.25) is 0 Å². The Labute approximate surface area is 121 Å². The fourth-order valence-corrected chi connectivity index (χ4v) is 1.81. The van der Waals surface area contributed by atoms with Crippen molar-refractivity contribution in [1.29, 1.82) is 5.26 Å². The third-order valence-electron chi connectivity index (χ3n) is 2.80. The number of carbonyl (C=O) groups excluding carboxylic acids is 1. The first-order chi connectivity index (χ1) is 9.40. The third kappa shape index (κ3) is 3.62. The van der Waals surface area contributed by atoms with Gasteiger partial charge in [0.15, 0.2) is 0 Å². The van der Waals surface area contributed by atoms with E-state index >= 15 is 0 Å². The van der Waals surface area contributed by atoms with E-state index in [0.29, 0.717) is 5.56 Å². The van der Waals surface area contributed by atoms with E-state index in [-0.39, 0.29) is 17.1 Å². The molecule has 0 bridgehead atoms. The first-order valence-corrected chi connectivity index (χ1v) is 6.24. The van der Waals surface area contributed by atoms with Crippen molar-refractivity contribution in [3.8, 4) is 6.07 Å². The smallest absolute Gasteiger partial charge is 0.326 e. The molecule has 1 aromatic rings. The first-order valence-electron chi connectivity index (χ1n) is 5.87. The Hall–Kier alpha value is -2.26. The summed E-state index contributed by atoms with van der Waals surface area (Å²) in [5, 5.41) is 20.6. The van der Waals surface area contributed by atoms with Crippen molar-refractivity contribution in [3.05, 3.63) is 28.8 Å². The molecule has 0 heterocycles. The van der Waals surface area contributed by atoms with Crippen molar-refractivity contribution >= 4 is 29.3 Å². The minimum Gasteiger partial charge on any atom is -0.480 e. The normalized spacial score (nSPS) is 11.3. The van der Waals surface area contributed by atoms with Crippen molar-refractivity contribution < 1.29 is 14.7 Å². The van der Waals surface area contributed by atoms with Crippen LogP contribution in [0.4, 0.5) is 10.5 Å². The number of carboxylic acids is 1. The number of urea groups is 1. The molecular formula is C13H14ClN3O3. The van der Waals surface area contributed by atoms with Crippen LogP contribution in [0.2, 0.25) is 5.02 Å². The number of benzene rings is 1. The number of carboxylic acid groups (broad SMARTS) is 1. The second-order valence-corrected chi connectivity index (χ2v) is 4.52. The van der Waals surface area contributed by atoms with Gasteiger partial charge in [0.05, 0.1) is 22.3 Å². The highest BCUT2D eigenvalue weighted by Gasteiger charge is 2.25. The maximum absolute atomic E-state index is 12.0. The summed E-state index contributed by atoms with van der Waals surface area (Å²) < 4.78 is 0. The van der Waals surface area contributed by atoms with E-state index in [1.165, 1.54) is 25.2 Å². The Morgan fingerprint density at radius 3 is 2.70 bits per heavy atom. The number of hydrogen-bond acceptors (Lipinski definition) is 3. The molecule has 0 saturated heterocycles. The number of anilines is 1. The van der Waals surface area contributed by atoms with Gasteiger partial charge in [-0.25, -0.2) is 9.59 Å². The van der Waals surface area contributed by atoms with Gasteiger partial charge in [-0.15, -0.1) is 0 Å². The lowest BCUT2D eigenvalue weighted by molar-refractivity contribution is -0.141. The molecule has 7 heteroatoms. The molecule has 20 heavy (non-hydrogen) atoms. The Morgan fingerprint density at radius 1 is 1.55 bits per heavy atom. The third-order valence-corrected chi connectivity index (χ3v) is 3.13.